The highest BCUT2D eigenvalue weighted by atomic mass is 16.5. The highest BCUT2D eigenvalue weighted by Crippen LogP contribution is 2.55. The van der Waals surface area contributed by atoms with E-state index in [0.717, 1.165) is 25.7 Å². The molecule has 0 spiro atoms. The third kappa shape index (κ3) is 5.25. The lowest BCUT2D eigenvalue weighted by atomic mass is 9.51. The SMILES string of the molecule is COc1ccc(C(=O)N[C@H]2CC[C@@]3(C)CC[C@@H]([C@H](C)C(=O)NCc4ccco4)[C@H](O)[C@H]3[C@H]2C)cc1. The number of carbonyl (C=O) groups excluding carboxylic acids is 2. The highest BCUT2D eigenvalue weighted by Gasteiger charge is 2.53. The predicted molar refractivity (Wildman–Crippen MR) is 133 cm³/mol. The van der Waals surface area contributed by atoms with Crippen molar-refractivity contribution in [3.63, 3.8) is 0 Å². The molecule has 0 aliphatic heterocycles. The Morgan fingerprint density at radius 3 is 2.57 bits per heavy atom. The standard InChI is InChI=1S/C28H38N2O5/c1-17(26(32)29-16-21-6-5-15-35-21)22-11-13-28(3)14-12-23(18(2)24(28)25(22)31)30-27(33)19-7-9-20(34-4)10-8-19/h5-10,15,17-18,22-25,31H,11-14,16H2,1-4H3,(H,29,32)(H,30,33)/t17-,18-,22-,23-,24+,25-,28+/m0/s1. The van der Waals surface area contributed by atoms with Crippen molar-refractivity contribution in [2.24, 2.45) is 29.1 Å². The summed E-state index contributed by atoms with van der Waals surface area (Å²) in [4.78, 5) is 25.8. The lowest BCUT2D eigenvalue weighted by molar-refractivity contribution is -0.142. The summed E-state index contributed by atoms with van der Waals surface area (Å²) >= 11 is 0. The normalized spacial score (nSPS) is 31.2. The molecule has 7 atom stereocenters. The molecule has 2 aliphatic rings. The van der Waals surface area contributed by atoms with Crippen molar-refractivity contribution in [1.29, 1.82) is 0 Å². The van der Waals surface area contributed by atoms with Gasteiger partial charge in [0.05, 0.1) is 26.0 Å². The number of nitrogens with one attached hydrogen (secondary N) is 2. The second-order valence-electron chi connectivity index (χ2n) is 10.7. The van der Waals surface area contributed by atoms with Crippen molar-refractivity contribution in [1.82, 2.24) is 10.6 Å². The summed E-state index contributed by atoms with van der Waals surface area (Å²) in [6.45, 7) is 6.64. The molecule has 2 aliphatic carbocycles. The molecule has 3 N–H and O–H groups in total. The summed E-state index contributed by atoms with van der Waals surface area (Å²) in [6, 6.07) is 10.7. The number of furan rings is 1. The number of aliphatic hydroxyl groups is 1. The molecule has 0 unspecified atom stereocenters. The number of methoxy groups -OCH3 is 1. The fourth-order valence-electron chi connectivity index (χ4n) is 6.43. The van der Waals surface area contributed by atoms with Gasteiger partial charge in [0, 0.05) is 17.5 Å². The van der Waals surface area contributed by atoms with Crippen LogP contribution in [0.4, 0.5) is 0 Å². The first-order chi connectivity index (χ1) is 16.7. The minimum atomic E-state index is -0.603. The van der Waals surface area contributed by atoms with Crippen molar-refractivity contribution in [2.45, 2.75) is 65.1 Å². The summed E-state index contributed by atoms with van der Waals surface area (Å²) < 4.78 is 10.5. The van der Waals surface area contributed by atoms with Crippen LogP contribution in [0.5, 0.6) is 5.75 Å². The van der Waals surface area contributed by atoms with Gasteiger partial charge in [0.1, 0.15) is 11.5 Å². The number of hydrogen-bond donors (Lipinski definition) is 3. The van der Waals surface area contributed by atoms with Crippen molar-refractivity contribution < 1.29 is 23.8 Å². The van der Waals surface area contributed by atoms with E-state index in [4.69, 9.17) is 9.15 Å². The van der Waals surface area contributed by atoms with Crippen molar-refractivity contribution in [3.05, 3.63) is 54.0 Å². The monoisotopic (exact) mass is 482 g/mol. The molecule has 35 heavy (non-hydrogen) atoms. The second kappa shape index (κ2) is 10.4. The number of amides is 2. The van der Waals surface area contributed by atoms with Crippen LogP contribution in [-0.4, -0.2) is 36.2 Å². The predicted octanol–water partition coefficient (Wildman–Crippen LogP) is 4.16. The molecule has 0 radical (unpaired) electrons. The van der Waals surface area contributed by atoms with Crippen LogP contribution in [0.25, 0.3) is 0 Å². The number of fused-ring (bicyclic) bond motifs is 1. The Morgan fingerprint density at radius 2 is 1.91 bits per heavy atom. The fourth-order valence-corrected chi connectivity index (χ4v) is 6.43. The first-order valence-electron chi connectivity index (χ1n) is 12.7. The van der Waals surface area contributed by atoms with E-state index in [1.54, 1.807) is 43.7 Å². The third-order valence-electron chi connectivity index (χ3n) is 8.63. The zero-order valence-corrected chi connectivity index (χ0v) is 21.1. The molecule has 7 nitrogen and oxygen atoms in total. The van der Waals surface area contributed by atoms with Gasteiger partial charge in [0.2, 0.25) is 5.91 Å². The minimum absolute atomic E-state index is 0.00103. The molecule has 2 fully saturated rings. The highest BCUT2D eigenvalue weighted by molar-refractivity contribution is 5.94. The Kier molecular flexibility index (Phi) is 7.55. The smallest absolute Gasteiger partial charge is 0.251 e. The van der Waals surface area contributed by atoms with Crippen LogP contribution in [0.2, 0.25) is 0 Å². The second-order valence-corrected chi connectivity index (χ2v) is 10.7. The minimum Gasteiger partial charge on any atom is -0.497 e. The van der Waals surface area contributed by atoms with Gasteiger partial charge in [0.15, 0.2) is 0 Å². The van der Waals surface area contributed by atoms with Crippen LogP contribution < -0.4 is 15.4 Å². The quantitative estimate of drug-likeness (QED) is 0.550. The fraction of sp³-hybridized carbons (Fsp3) is 0.571. The first kappa shape index (κ1) is 25.3. The largest absolute Gasteiger partial charge is 0.497 e. The summed E-state index contributed by atoms with van der Waals surface area (Å²) in [5.74, 6) is 0.904. The van der Waals surface area contributed by atoms with Crippen LogP contribution in [-0.2, 0) is 11.3 Å². The van der Waals surface area contributed by atoms with E-state index in [0.29, 0.717) is 23.6 Å². The molecule has 4 rings (SSSR count). The van der Waals surface area contributed by atoms with E-state index in [9.17, 15) is 14.7 Å². The molecule has 1 aromatic heterocycles. The Labute approximate surface area is 207 Å². The Hall–Kier alpha value is -2.80. The summed E-state index contributed by atoms with van der Waals surface area (Å²) in [6.07, 6.45) is 4.60. The first-order valence-corrected chi connectivity index (χ1v) is 12.7. The maximum atomic E-state index is 12.9. The van der Waals surface area contributed by atoms with Crippen molar-refractivity contribution in [2.75, 3.05) is 7.11 Å². The number of rotatable bonds is 7. The molecule has 2 aromatic rings. The number of carbonyl (C=O) groups is 2. The zero-order valence-electron chi connectivity index (χ0n) is 21.1. The van der Waals surface area contributed by atoms with Gasteiger partial charge in [-0.2, -0.15) is 0 Å². The molecule has 0 bridgehead atoms. The Morgan fingerprint density at radius 1 is 1.20 bits per heavy atom. The molecular formula is C28H38N2O5. The summed E-state index contributed by atoms with van der Waals surface area (Å²) in [5, 5.41) is 17.7. The maximum absolute atomic E-state index is 12.9. The molecular weight excluding hydrogens is 444 g/mol. The van der Waals surface area contributed by atoms with Gasteiger partial charge in [-0.05, 0) is 85.3 Å². The van der Waals surface area contributed by atoms with Crippen LogP contribution >= 0.6 is 0 Å². The Balaban J connectivity index is 1.42. The molecule has 0 saturated heterocycles. The van der Waals surface area contributed by atoms with Gasteiger partial charge in [-0.1, -0.05) is 20.8 Å². The number of aliphatic hydroxyl groups excluding tert-OH is 1. The molecule has 190 valence electrons. The van der Waals surface area contributed by atoms with E-state index >= 15 is 0 Å². The average Bonchev–Trinajstić information content (AvgIpc) is 3.38. The van der Waals surface area contributed by atoms with Gasteiger partial charge < -0.3 is 24.9 Å². The molecule has 2 amide bonds. The molecule has 1 aromatic carbocycles. The van der Waals surface area contributed by atoms with Gasteiger partial charge >= 0.3 is 0 Å². The molecule has 2 saturated carbocycles. The van der Waals surface area contributed by atoms with Crippen LogP contribution in [0.1, 0.15) is 62.6 Å². The van der Waals surface area contributed by atoms with Crippen LogP contribution in [0, 0.1) is 29.1 Å². The topological polar surface area (TPSA) is 101 Å². The summed E-state index contributed by atoms with van der Waals surface area (Å²) in [7, 11) is 1.60. The van der Waals surface area contributed by atoms with Gasteiger partial charge in [0.25, 0.3) is 5.91 Å². The molecule has 1 heterocycles. The number of ether oxygens (including phenoxy) is 1. The zero-order chi connectivity index (χ0) is 25.2. The Bertz CT molecular complexity index is 1000. The lowest BCUT2D eigenvalue weighted by Crippen LogP contribution is -2.58. The van der Waals surface area contributed by atoms with Gasteiger partial charge in [-0.15, -0.1) is 0 Å². The number of hydrogen-bond acceptors (Lipinski definition) is 5. The van der Waals surface area contributed by atoms with Crippen LogP contribution in [0.3, 0.4) is 0 Å². The average molecular weight is 483 g/mol. The van der Waals surface area contributed by atoms with Crippen molar-refractivity contribution in [3.8, 4) is 5.75 Å². The van der Waals surface area contributed by atoms with Crippen molar-refractivity contribution >= 4 is 11.8 Å². The molecule has 7 heteroatoms. The maximum Gasteiger partial charge on any atom is 0.251 e. The van der Waals surface area contributed by atoms with Crippen LogP contribution in [0.15, 0.2) is 47.1 Å². The van der Waals surface area contributed by atoms with E-state index in [1.165, 1.54) is 0 Å². The van der Waals surface area contributed by atoms with E-state index in [1.807, 2.05) is 13.0 Å². The third-order valence-corrected chi connectivity index (χ3v) is 8.63. The van der Waals surface area contributed by atoms with E-state index in [2.05, 4.69) is 24.5 Å². The summed E-state index contributed by atoms with van der Waals surface area (Å²) in [5.41, 5.74) is 0.594. The van der Waals surface area contributed by atoms with E-state index in [-0.39, 0.29) is 46.9 Å². The van der Waals surface area contributed by atoms with Gasteiger partial charge in [-0.3, -0.25) is 9.59 Å². The van der Waals surface area contributed by atoms with Gasteiger partial charge in [-0.25, -0.2) is 0 Å². The van der Waals surface area contributed by atoms with E-state index < -0.39 is 6.10 Å². The number of benzene rings is 1. The lowest BCUT2D eigenvalue weighted by Gasteiger charge is -2.56.